The summed E-state index contributed by atoms with van der Waals surface area (Å²) in [6, 6.07) is 17.6. The molecule has 0 heterocycles. The van der Waals surface area contributed by atoms with Gasteiger partial charge in [-0.2, -0.15) is 12.6 Å². The molecule has 2 aromatic rings. The van der Waals surface area contributed by atoms with Crippen LogP contribution in [-0.4, -0.2) is 27.3 Å². The summed E-state index contributed by atoms with van der Waals surface area (Å²) in [5.74, 6) is -1.91. The molecular formula is C18H18O5S2. The van der Waals surface area contributed by atoms with Crippen LogP contribution in [0.1, 0.15) is 28.6 Å². The van der Waals surface area contributed by atoms with Crippen molar-refractivity contribution in [2.75, 3.05) is 0 Å². The molecule has 132 valence electrons. The number of carboxylic acids is 2. The van der Waals surface area contributed by atoms with E-state index in [1.54, 1.807) is 54.6 Å². The number of thioether (sulfide) groups is 1. The molecule has 2 aromatic carbocycles. The quantitative estimate of drug-likeness (QED) is 0.685. The van der Waals surface area contributed by atoms with Gasteiger partial charge >= 0.3 is 11.9 Å². The Morgan fingerprint density at radius 1 is 0.840 bits per heavy atom. The van der Waals surface area contributed by atoms with E-state index in [0.717, 1.165) is 11.8 Å². The largest absolute Gasteiger partial charge is 0.480 e. The zero-order chi connectivity index (χ0) is 18.8. The highest BCUT2D eigenvalue weighted by molar-refractivity contribution is 8.14. The van der Waals surface area contributed by atoms with Gasteiger partial charge in [-0.3, -0.25) is 14.4 Å². The third-order valence-corrected chi connectivity index (χ3v) is 4.52. The van der Waals surface area contributed by atoms with Crippen molar-refractivity contribution in [3.8, 4) is 0 Å². The first-order valence-corrected chi connectivity index (χ1v) is 8.63. The van der Waals surface area contributed by atoms with Crippen LogP contribution < -0.4 is 0 Å². The molecule has 2 unspecified atom stereocenters. The normalized spacial score (nSPS) is 12.2. The Kier molecular flexibility index (Phi) is 8.80. The third-order valence-electron chi connectivity index (χ3n) is 2.96. The fraction of sp³-hybridized carbons (Fsp3) is 0.167. The Bertz CT molecular complexity index is 704. The minimum absolute atomic E-state index is 0.193. The van der Waals surface area contributed by atoms with Crippen molar-refractivity contribution in [3.05, 3.63) is 71.8 Å². The van der Waals surface area contributed by atoms with Gasteiger partial charge in [0.05, 0.1) is 0 Å². The predicted octanol–water partition coefficient (Wildman–Crippen LogP) is 3.83. The zero-order valence-electron chi connectivity index (χ0n) is 13.4. The minimum Gasteiger partial charge on any atom is -0.480 e. The van der Waals surface area contributed by atoms with Crippen LogP contribution in [0.5, 0.6) is 0 Å². The average molecular weight is 378 g/mol. The fourth-order valence-electron chi connectivity index (χ4n) is 1.83. The van der Waals surface area contributed by atoms with Gasteiger partial charge < -0.3 is 10.2 Å². The van der Waals surface area contributed by atoms with Gasteiger partial charge in [0.25, 0.3) is 0 Å². The van der Waals surface area contributed by atoms with E-state index < -0.39 is 22.4 Å². The lowest BCUT2D eigenvalue weighted by Crippen LogP contribution is -2.09. The summed E-state index contributed by atoms with van der Waals surface area (Å²) >= 11 is 4.74. The molecule has 2 rings (SSSR count). The fourth-order valence-corrected chi connectivity index (χ4v) is 2.73. The topological polar surface area (TPSA) is 91.7 Å². The molecule has 7 heteroatoms. The van der Waals surface area contributed by atoms with E-state index in [9.17, 15) is 14.4 Å². The molecule has 0 amide bonds. The van der Waals surface area contributed by atoms with Crippen molar-refractivity contribution in [1.82, 2.24) is 0 Å². The molecule has 0 saturated heterocycles. The minimum atomic E-state index is -0.989. The number of carbonyl (C=O) groups excluding carboxylic acids is 1. The van der Waals surface area contributed by atoms with Crippen LogP contribution in [0.15, 0.2) is 60.7 Å². The monoisotopic (exact) mass is 378 g/mol. The van der Waals surface area contributed by atoms with Crippen molar-refractivity contribution in [2.24, 2.45) is 0 Å². The number of benzene rings is 2. The van der Waals surface area contributed by atoms with Gasteiger partial charge in [-0.05, 0) is 11.1 Å². The number of carboxylic acid groups (broad SMARTS) is 2. The SMILES string of the molecule is CC(=O)SC(C(=O)O)c1ccccc1.O=C(O)C(S)c1ccccc1. The highest BCUT2D eigenvalue weighted by Crippen LogP contribution is 2.29. The van der Waals surface area contributed by atoms with Gasteiger partial charge in [0.2, 0.25) is 0 Å². The molecule has 0 spiro atoms. The van der Waals surface area contributed by atoms with Gasteiger partial charge in [0.15, 0.2) is 5.12 Å². The molecule has 0 saturated carbocycles. The van der Waals surface area contributed by atoms with Gasteiger partial charge in [-0.25, -0.2) is 0 Å². The Labute approximate surface area is 155 Å². The Balaban J connectivity index is 0.000000257. The molecular weight excluding hydrogens is 360 g/mol. The van der Waals surface area contributed by atoms with Crippen LogP contribution >= 0.6 is 24.4 Å². The Hall–Kier alpha value is -2.25. The van der Waals surface area contributed by atoms with Gasteiger partial charge in [-0.15, -0.1) is 0 Å². The van der Waals surface area contributed by atoms with Gasteiger partial charge in [0.1, 0.15) is 10.5 Å². The van der Waals surface area contributed by atoms with Crippen molar-refractivity contribution >= 4 is 41.4 Å². The highest BCUT2D eigenvalue weighted by Gasteiger charge is 2.21. The van der Waals surface area contributed by atoms with Crippen LogP contribution in [-0.2, 0) is 14.4 Å². The number of hydrogen-bond donors (Lipinski definition) is 3. The van der Waals surface area contributed by atoms with Crippen molar-refractivity contribution in [1.29, 1.82) is 0 Å². The standard InChI is InChI=1S/C10H10O3S.C8H8O2S/c1-7(11)14-9(10(12)13)8-5-3-2-4-6-8;9-8(10)7(11)6-4-2-1-3-5-6/h2-6,9H,1H3,(H,12,13);1-5,7,11H,(H,9,10). The van der Waals surface area contributed by atoms with E-state index in [0.29, 0.717) is 11.1 Å². The highest BCUT2D eigenvalue weighted by atomic mass is 32.2. The van der Waals surface area contributed by atoms with Crippen LogP contribution in [0.3, 0.4) is 0 Å². The van der Waals surface area contributed by atoms with Crippen LogP contribution in [0.4, 0.5) is 0 Å². The lowest BCUT2D eigenvalue weighted by Gasteiger charge is -2.09. The number of rotatable bonds is 5. The lowest BCUT2D eigenvalue weighted by molar-refractivity contribution is -0.137. The second-order valence-electron chi connectivity index (χ2n) is 4.89. The van der Waals surface area contributed by atoms with E-state index in [1.165, 1.54) is 6.92 Å². The van der Waals surface area contributed by atoms with E-state index in [2.05, 4.69) is 12.6 Å². The maximum Gasteiger partial charge on any atom is 0.321 e. The van der Waals surface area contributed by atoms with Gasteiger partial charge in [-0.1, -0.05) is 72.4 Å². The second kappa shape index (κ2) is 10.6. The molecule has 0 aliphatic rings. The van der Waals surface area contributed by atoms with Gasteiger partial charge in [0, 0.05) is 6.92 Å². The summed E-state index contributed by atoms with van der Waals surface area (Å²) < 4.78 is 0. The maximum atomic E-state index is 10.9. The molecule has 5 nitrogen and oxygen atoms in total. The number of aliphatic carboxylic acids is 2. The van der Waals surface area contributed by atoms with Crippen molar-refractivity contribution in [2.45, 2.75) is 17.4 Å². The molecule has 25 heavy (non-hydrogen) atoms. The Morgan fingerprint density at radius 3 is 1.64 bits per heavy atom. The van der Waals surface area contributed by atoms with E-state index in [1.807, 2.05) is 6.07 Å². The first-order valence-electron chi connectivity index (χ1n) is 7.23. The molecule has 2 N–H and O–H groups in total. The average Bonchev–Trinajstić information content (AvgIpc) is 2.60. The molecule has 0 bridgehead atoms. The molecule has 0 fully saturated rings. The second-order valence-corrected chi connectivity index (χ2v) is 6.69. The zero-order valence-corrected chi connectivity index (χ0v) is 15.1. The summed E-state index contributed by atoms with van der Waals surface area (Å²) in [6.07, 6.45) is 0. The molecule has 0 aliphatic carbocycles. The summed E-state index contributed by atoms with van der Waals surface area (Å²) in [5.41, 5.74) is 1.35. The summed E-state index contributed by atoms with van der Waals surface area (Å²) in [6.45, 7) is 1.36. The van der Waals surface area contributed by atoms with E-state index >= 15 is 0 Å². The first-order chi connectivity index (χ1) is 11.8. The van der Waals surface area contributed by atoms with E-state index in [-0.39, 0.29) is 5.12 Å². The maximum absolute atomic E-state index is 10.9. The summed E-state index contributed by atoms with van der Waals surface area (Å²) in [4.78, 5) is 32.1. The van der Waals surface area contributed by atoms with E-state index in [4.69, 9.17) is 10.2 Å². The Morgan fingerprint density at radius 2 is 1.28 bits per heavy atom. The number of carbonyl (C=O) groups is 3. The predicted molar refractivity (Wildman–Crippen MR) is 101 cm³/mol. The molecule has 0 aromatic heterocycles. The van der Waals surface area contributed by atoms with Crippen molar-refractivity contribution < 1.29 is 24.6 Å². The number of thiol groups is 1. The smallest absolute Gasteiger partial charge is 0.321 e. The first kappa shape index (κ1) is 20.8. The van der Waals surface area contributed by atoms with Crippen LogP contribution in [0, 0.1) is 0 Å². The number of hydrogen-bond acceptors (Lipinski definition) is 5. The molecule has 0 aliphatic heterocycles. The summed E-state index contributed by atoms with van der Waals surface area (Å²) in [7, 11) is 0. The van der Waals surface area contributed by atoms with Crippen LogP contribution in [0.25, 0.3) is 0 Å². The lowest BCUT2D eigenvalue weighted by atomic mass is 10.1. The van der Waals surface area contributed by atoms with Crippen molar-refractivity contribution in [3.63, 3.8) is 0 Å². The summed E-state index contributed by atoms with van der Waals surface area (Å²) in [5, 5.41) is 15.8. The molecule has 2 atom stereocenters. The van der Waals surface area contributed by atoms with Crippen LogP contribution in [0.2, 0.25) is 0 Å². The third kappa shape index (κ3) is 7.45. The molecule has 0 radical (unpaired) electrons.